The van der Waals surface area contributed by atoms with Gasteiger partial charge in [-0.3, -0.25) is 4.90 Å². The van der Waals surface area contributed by atoms with E-state index in [0.29, 0.717) is 0 Å². The first-order chi connectivity index (χ1) is 14.7. The van der Waals surface area contributed by atoms with Crippen LogP contribution in [0.2, 0.25) is 0 Å². The van der Waals surface area contributed by atoms with E-state index in [1.807, 2.05) is 6.07 Å². The van der Waals surface area contributed by atoms with E-state index in [0.717, 1.165) is 76.5 Å². The van der Waals surface area contributed by atoms with Crippen molar-refractivity contribution in [1.82, 2.24) is 9.80 Å². The molecular formula is C25H33N5. The number of anilines is 2. The number of rotatable bonds is 5. The van der Waals surface area contributed by atoms with E-state index < -0.39 is 0 Å². The second-order valence-electron chi connectivity index (χ2n) is 8.53. The molecule has 0 N–H and O–H groups in total. The van der Waals surface area contributed by atoms with Gasteiger partial charge in [0.15, 0.2) is 0 Å². The third-order valence-corrected chi connectivity index (χ3v) is 6.55. The molecule has 2 aliphatic rings. The Hall–Kier alpha value is -2.55. The Labute approximate surface area is 181 Å². The Morgan fingerprint density at radius 1 is 0.800 bits per heavy atom. The second-order valence-corrected chi connectivity index (χ2v) is 8.53. The van der Waals surface area contributed by atoms with E-state index in [1.165, 1.54) is 16.9 Å². The minimum atomic E-state index is 0.811. The quantitative estimate of drug-likeness (QED) is 0.766. The first-order valence-corrected chi connectivity index (χ1v) is 11.2. The van der Waals surface area contributed by atoms with E-state index in [2.05, 4.69) is 76.0 Å². The number of nitrogens with zero attached hydrogens (tertiary/aromatic N) is 5. The van der Waals surface area contributed by atoms with Gasteiger partial charge in [-0.05, 0) is 54.9 Å². The fourth-order valence-electron chi connectivity index (χ4n) is 4.43. The molecule has 2 aromatic carbocycles. The third kappa shape index (κ3) is 4.77. The summed E-state index contributed by atoms with van der Waals surface area (Å²) in [5.74, 6) is 0. The molecule has 2 aliphatic heterocycles. The molecule has 0 amide bonds. The summed E-state index contributed by atoms with van der Waals surface area (Å²) in [4.78, 5) is 9.78. The van der Waals surface area contributed by atoms with Crippen LogP contribution in [0, 0.1) is 11.3 Å². The van der Waals surface area contributed by atoms with Crippen LogP contribution in [-0.4, -0.2) is 69.2 Å². The molecular weight excluding hydrogens is 370 g/mol. The average Bonchev–Trinajstić information content (AvgIpc) is 2.80. The maximum Gasteiger partial charge on any atom is 0.0995 e. The summed E-state index contributed by atoms with van der Waals surface area (Å²) < 4.78 is 0. The highest BCUT2D eigenvalue weighted by atomic mass is 15.3. The van der Waals surface area contributed by atoms with Gasteiger partial charge in [-0.25, -0.2) is 0 Å². The van der Waals surface area contributed by atoms with Crippen LogP contribution in [0.1, 0.15) is 23.6 Å². The molecule has 0 unspecified atom stereocenters. The number of hydrogen-bond acceptors (Lipinski definition) is 5. The molecule has 30 heavy (non-hydrogen) atoms. The highest BCUT2D eigenvalue weighted by molar-refractivity contribution is 5.54. The van der Waals surface area contributed by atoms with E-state index in [9.17, 15) is 5.26 Å². The Morgan fingerprint density at radius 3 is 2.03 bits per heavy atom. The number of likely N-dealkylation sites (N-methyl/N-ethyl adjacent to an activating group) is 1. The van der Waals surface area contributed by atoms with Crippen molar-refractivity contribution in [1.29, 1.82) is 5.26 Å². The van der Waals surface area contributed by atoms with Crippen molar-refractivity contribution in [3.63, 3.8) is 0 Å². The molecule has 2 heterocycles. The van der Waals surface area contributed by atoms with E-state index in [1.54, 1.807) is 0 Å². The first kappa shape index (κ1) is 20.7. The van der Waals surface area contributed by atoms with Crippen LogP contribution in [0.25, 0.3) is 0 Å². The zero-order valence-corrected chi connectivity index (χ0v) is 18.3. The lowest BCUT2D eigenvalue weighted by Gasteiger charge is -2.37. The monoisotopic (exact) mass is 403 g/mol. The van der Waals surface area contributed by atoms with Crippen molar-refractivity contribution >= 4 is 11.4 Å². The number of piperazine rings is 2. The molecule has 5 heteroatoms. The van der Waals surface area contributed by atoms with Crippen molar-refractivity contribution < 1.29 is 0 Å². The van der Waals surface area contributed by atoms with Crippen LogP contribution in [0.4, 0.5) is 11.4 Å². The number of aryl methyl sites for hydroxylation is 1. The topological polar surface area (TPSA) is 36.8 Å². The van der Waals surface area contributed by atoms with Crippen molar-refractivity contribution in [2.24, 2.45) is 0 Å². The predicted molar refractivity (Wildman–Crippen MR) is 124 cm³/mol. The van der Waals surface area contributed by atoms with E-state index >= 15 is 0 Å². The molecule has 0 radical (unpaired) electrons. The highest BCUT2D eigenvalue weighted by Gasteiger charge is 2.20. The van der Waals surface area contributed by atoms with Gasteiger partial charge in [0.1, 0.15) is 0 Å². The van der Waals surface area contributed by atoms with Gasteiger partial charge in [-0.15, -0.1) is 0 Å². The molecule has 5 nitrogen and oxygen atoms in total. The lowest BCUT2D eigenvalue weighted by Crippen LogP contribution is -2.46. The molecule has 0 aromatic heterocycles. The lowest BCUT2D eigenvalue weighted by molar-refractivity contribution is 0.249. The van der Waals surface area contributed by atoms with Crippen LogP contribution in [0.15, 0.2) is 42.5 Å². The Morgan fingerprint density at radius 2 is 1.40 bits per heavy atom. The first-order valence-electron chi connectivity index (χ1n) is 11.2. The van der Waals surface area contributed by atoms with E-state index in [4.69, 9.17) is 0 Å². The van der Waals surface area contributed by atoms with Crippen LogP contribution in [-0.2, 0) is 13.0 Å². The molecule has 2 saturated heterocycles. The number of nitriles is 1. The molecule has 158 valence electrons. The van der Waals surface area contributed by atoms with Gasteiger partial charge in [0.25, 0.3) is 0 Å². The van der Waals surface area contributed by atoms with Gasteiger partial charge in [-0.1, -0.05) is 19.1 Å². The Bertz CT molecular complexity index is 869. The van der Waals surface area contributed by atoms with Crippen LogP contribution < -0.4 is 9.80 Å². The zero-order valence-electron chi connectivity index (χ0n) is 18.3. The van der Waals surface area contributed by atoms with Gasteiger partial charge >= 0.3 is 0 Å². The van der Waals surface area contributed by atoms with Crippen molar-refractivity contribution in [2.45, 2.75) is 19.9 Å². The van der Waals surface area contributed by atoms with Gasteiger partial charge < -0.3 is 14.7 Å². The Balaban J connectivity index is 1.39. The van der Waals surface area contributed by atoms with Crippen molar-refractivity contribution in [3.05, 3.63) is 59.2 Å². The minimum absolute atomic E-state index is 0.811. The lowest BCUT2D eigenvalue weighted by atomic mass is 10.1. The largest absolute Gasteiger partial charge is 0.369 e. The van der Waals surface area contributed by atoms with Crippen LogP contribution in [0.3, 0.4) is 0 Å². The van der Waals surface area contributed by atoms with Crippen molar-refractivity contribution in [2.75, 3.05) is 69.2 Å². The zero-order chi connectivity index (χ0) is 20.9. The molecule has 0 atom stereocenters. The van der Waals surface area contributed by atoms with Gasteiger partial charge in [0, 0.05) is 70.3 Å². The highest BCUT2D eigenvalue weighted by Crippen LogP contribution is 2.23. The van der Waals surface area contributed by atoms with Crippen LogP contribution in [0.5, 0.6) is 0 Å². The minimum Gasteiger partial charge on any atom is -0.369 e. The summed E-state index contributed by atoms with van der Waals surface area (Å²) in [6.07, 6.45) is 1.09. The maximum absolute atomic E-state index is 9.62. The fraction of sp³-hybridized carbons (Fsp3) is 0.480. The summed E-state index contributed by atoms with van der Waals surface area (Å²) in [6.45, 7) is 11.5. The number of benzene rings is 2. The average molecular weight is 404 g/mol. The fourth-order valence-corrected chi connectivity index (χ4v) is 4.43. The molecule has 0 saturated carbocycles. The summed E-state index contributed by atoms with van der Waals surface area (Å²) >= 11 is 0. The van der Waals surface area contributed by atoms with Gasteiger partial charge in [-0.2, -0.15) is 5.26 Å². The summed E-state index contributed by atoms with van der Waals surface area (Å²) in [5, 5.41) is 9.62. The molecule has 0 spiro atoms. The number of hydrogen-bond donors (Lipinski definition) is 0. The molecule has 0 bridgehead atoms. The molecule has 2 fully saturated rings. The summed E-state index contributed by atoms with van der Waals surface area (Å²) in [6, 6.07) is 17.8. The molecule has 2 aromatic rings. The standard InChI is InChI=1S/C25H33N5/c1-3-21-4-7-24(8-5-21)29-16-12-28(13-17-29)20-23-18-25(9-6-22(23)19-26)30-14-10-27(2)11-15-30/h4-9,18H,3,10-17,20H2,1-2H3. The summed E-state index contributed by atoms with van der Waals surface area (Å²) in [7, 11) is 2.18. The van der Waals surface area contributed by atoms with Gasteiger partial charge in [0.2, 0.25) is 0 Å². The van der Waals surface area contributed by atoms with E-state index in [-0.39, 0.29) is 0 Å². The Kier molecular flexibility index (Phi) is 6.56. The smallest absolute Gasteiger partial charge is 0.0995 e. The normalized spacial score (nSPS) is 18.4. The summed E-state index contributed by atoms with van der Waals surface area (Å²) in [5.41, 5.74) is 5.94. The van der Waals surface area contributed by atoms with Crippen LogP contribution >= 0.6 is 0 Å². The maximum atomic E-state index is 9.62. The third-order valence-electron chi connectivity index (χ3n) is 6.55. The van der Waals surface area contributed by atoms with Crippen molar-refractivity contribution in [3.8, 4) is 6.07 Å². The van der Waals surface area contributed by atoms with Gasteiger partial charge in [0.05, 0.1) is 11.6 Å². The second kappa shape index (κ2) is 9.51. The molecule has 0 aliphatic carbocycles. The predicted octanol–water partition coefficient (Wildman–Crippen LogP) is 3.19. The molecule has 4 rings (SSSR count). The SMILES string of the molecule is CCc1ccc(N2CCN(Cc3cc(N4CCN(C)CC4)ccc3C#N)CC2)cc1.